The average Bonchev–Trinajstić information content (AvgIpc) is 2.72. The topological polar surface area (TPSA) is 116 Å². The Balaban J connectivity index is 2.27. The number of amides is 1. The molecule has 1 aromatic rings. The standard InChI is InChI=1S/C21H32F3N5O3/c1-13(2)12-31-20(30)27-11-16(29(3)26)18(25)15-9-10-17(19(28-15)21(22,23)24)32-14-7-5-4-6-8-14/h9-10,13-14H,4-8,11-12,25-26H2,1-3H3,(H,27,30)/b18-16-. The zero-order valence-electron chi connectivity index (χ0n) is 18.7. The van der Waals surface area contributed by atoms with Crippen LogP contribution in [0.5, 0.6) is 5.75 Å². The number of hydrazine groups is 1. The van der Waals surface area contributed by atoms with Crippen molar-refractivity contribution in [2.24, 2.45) is 17.5 Å². The summed E-state index contributed by atoms with van der Waals surface area (Å²) in [7, 11) is 1.45. The smallest absolute Gasteiger partial charge is 0.437 e. The number of nitrogens with zero attached hydrogens (tertiary/aromatic N) is 2. The van der Waals surface area contributed by atoms with Gasteiger partial charge in [0.05, 0.1) is 36.3 Å². The van der Waals surface area contributed by atoms with E-state index < -0.39 is 18.0 Å². The fourth-order valence-electron chi connectivity index (χ4n) is 3.26. The monoisotopic (exact) mass is 459 g/mol. The Bertz CT molecular complexity index is 806. The molecule has 0 radical (unpaired) electrons. The number of ether oxygens (including phenoxy) is 2. The molecule has 1 aliphatic carbocycles. The van der Waals surface area contributed by atoms with Crippen LogP contribution in [0, 0.1) is 5.92 Å². The molecule has 0 spiro atoms. The lowest BCUT2D eigenvalue weighted by Gasteiger charge is -2.25. The number of likely N-dealkylation sites (N-methyl/N-ethyl adjacent to an activating group) is 1. The first-order valence-corrected chi connectivity index (χ1v) is 10.6. The van der Waals surface area contributed by atoms with Crippen molar-refractivity contribution in [2.45, 2.75) is 58.2 Å². The summed E-state index contributed by atoms with van der Waals surface area (Å²) < 4.78 is 51.8. The number of aromatic nitrogens is 1. The van der Waals surface area contributed by atoms with Gasteiger partial charge in [-0.15, -0.1) is 0 Å². The van der Waals surface area contributed by atoms with Crippen molar-refractivity contribution in [3.05, 3.63) is 29.2 Å². The largest absolute Gasteiger partial charge is 0.488 e. The number of carbonyl (C=O) groups excluding carboxylic acids is 1. The first-order valence-electron chi connectivity index (χ1n) is 10.6. The van der Waals surface area contributed by atoms with E-state index in [0.29, 0.717) is 12.8 Å². The Morgan fingerprint density at radius 1 is 1.28 bits per heavy atom. The van der Waals surface area contributed by atoms with Crippen LogP contribution in [0.15, 0.2) is 17.8 Å². The number of halogens is 3. The molecule has 32 heavy (non-hydrogen) atoms. The van der Waals surface area contributed by atoms with Gasteiger partial charge < -0.3 is 25.5 Å². The summed E-state index contributed by atoms with van der Waals surface area (Å²) in [5.74, 6) is 5.62. The molecule has 0 unspecified atom stereocenters. The van der Waals surface area contributed by atoms with E-state index >= 15 is 0 Å². The molecule has 180 valence electrons. The van der Waals surface area contributed by atoms with Crippen LogP contribution in [-0.2, 0) is 10.9 Å². The fourth-order valence-corrected chi connectivity index (χ4v) is 3.26. The number of hydrogen-bond donors (Lipinski definition) is 3. The summed E-state index contributed by atoms with van der Waals surface area (Å²) in [6.45, 7) is 3.84. The molecule has 1 heterocycles. The van der Waals surface area contributed by atoms with Crippen molar-refractivity contribution in [3.8, 4) is 5.75 Å². The van der Waals surface area contributed by atoms with E-state index in [-0.39, 0.29) is 48.0 Å². The predicted molar refractivity (Wildman–Crippen MR) is 114 cm³/mol. The molecule has 11 heteroatoms. The average molecular weight is 460 g/mol. The Labute approximate surface area is 186 Å². The lowest BCUT2D eigenvalue weighted by molar-refractivity contribution is -0.143. The molecule has 0 bridgehead atoms. The number of hydrogen-bond acceptors (Lipinski definition) is 7. The van der Waals surface area contributed by atoms with E-state index in [4.69, 9.17) is 21.1 Å². The van der Waals surface area contributed by atoms with Crippen LogP contribution >= 0.6 is 0 Å². The second kappa shape index (κ2) is 11.3. The van der Waals surface area contributed by atoms with Crippen LogP contribution < -0.4 is 21.6 Å². The van der Waals surface area contributed by atoms with E-state index in [1.165, 1.54) is 19.2 Å². The second-order valence-corrected chi connectivity index (χ2v) is 8.24. The molecule has 0 aromatic carbocycles. The van der Waals surface area contributed by atoms with Gasteiger partial charge >= 0.3 is 12.3 Å². The molecule has 1 fully saturated rings. The minimum absolute atomic E-state index is 0.103. The van der Waals surface area contributed by atoms with Crippen LogP contribution in [0.3, 0.4) is 0 Å². The highest BCUT2D eigenvalue weighted by molar-refractivity contribution is 5.69. The van der Waals surface area contributed by atoms with Crippen molar-refractivity contribution in [3.63, 3.8) is 0 Å². The molecule has 1 aromatic heterocycles. The van der Waals surface area contributed by atoms with Crippen LogP contribution in [0.4, 0.5) is 18.0 Å². The van der Waals surface area contributed by atoms with Gasteiger partial charge in [0.2, 0.25) is 0 Å². The van der Waals surface area contributed by atoms with Gasteiger partial charge in [-0.1, -0.05) is 20.3 Å². The summed E-state index contributed by atoms with van der Waals surface area (Å²) in [6, 6.07) is 2.58. The molecule has 0 aliphatic heterocycles. The predicted octanol–water partition coefficient (Wildman–Crippen LogP) is 3.63. The molecule has 1 saturated carbocycles. The zero-order chi connectivity index (χ0) is 23.9. The highest BCUT2D eigenvalue weighted by Crippen LogP contribution is 2.37. The summed E-state index contributed by atoms with van der Waals surface area (Å²) >= 11 is 0. The van der Waals surface area contributed by atoms with Gasteiger partial charge in [0.1, 0.15) is 0 Å². The van der Waals surface area contributed by atoms with E-state index in [9.17, 15) is 18.0 Å². The minimum atomic E-state index is -4.73. The molecular weight excluding hydrogens is 427 g/mol. The van der Waals surface area contributed by atoms with Crippen molar-refractivity contribution in [1.82, 2.24) is 15.3 Å². The molecule has 2 rings (SSSR count). The SMILES string of the molecule is CC(C)COC(=O)NC/C(=C(/N)c1ccc(OC2CCCCC2)c(C(F)(F)F)n1)N(C)N. The number of alkyl halides is 3. The van der Waals surface area contributed by atoms with Gasteiger partial charge in [0, 0.05) is 7.05 Å². The number of nitrogens with one attached hydrogen (secondary N) is 1. The van der Waals surface area contributed by atoms with E-state index in [0.717, 1.165) is 24.3 Å². The van der Waals surface area contributed by atoms with Crippen molar-refractivity contribution in [2.75, 3.05) is 20.2 Å². The molecule has 5 N–H and O–H groups in total. The fraction of sp³-hybridized carbons (Fsp3) is 0.619. The molecule has 0 saturated heterocycles. The van der Waals surface area contributed by atoms with Gasteiger partial charge in [-0.05, 0) is 43.7 Å². The van der Waals surface area contributed by atoms with E-state index in [1.54, 1.807) is 0 Å². The maximum Gasteiger partial charge on any atom is 0.437 e. The van der Waals surface area contributed by atoms with E-state index in [2.05, 4.69) is 10.3 Å². The molecule has 1 amide bonds. The maximum atomic E-state index is 13.7. The van der Waals surface area contributed by atoms with Crippen molar-refractivity contribution in [1.29, 1.82) is 0 Å². The highest BCUT2D eigenvalue weighted by Gasteiger charge is 2.38. The summed E-state index contributed by atoms with van der Waals surface area (Å²) in [5, 5.41) is 3.60. The number of alkyl carbamates (subject to hydrolysis) is 1. The Morgan fingerprint density at radius 2 is 1.94 bits per heavy atom. The molecule has 1 aliphatic rings. The normalized spacial score (nSPS) is 15.9. The molecule has 0 atom stereocenters. The van der Waals surface area contributed by atoms with Gasteiger partial charge in [-0.25, -0.2) is 15.6 Å². The summed E-state index contributed by atoms with van der Waals surface area (Å²) in [6.07, 6.45) is -1.36. The van der Waals surface area contributed by atoms with Gasteiger partial charge in [-0.3, -0.25) is 0 Å². The Hall–Kier alpha value is -2.69. The summed E-state index contributed by atoms with van der Waals surface area (Å²) in [5.41, 5.74) is 4.89. The third kappa shape index (κ3) is 7.47. The van der Waals surface area contributed by atoms with Gasteiger partial charge in [-0.2, -0.15) is 13.2 Å². The quantitative estimate of drug-likeness (QED) is 0.402. The van der Waals surface area contributed by atoms with Crippen LogP contribution in [0.2, 0.25) is 0 Å². The highest BCUT2D eigenvalue weighted by atomic mass is 19.4. The first kappa shape index (κ1) is 25.6. The van der Waals surface area contributed by atoms with Crippen molar-refractivity contribution < 1.29 is 27.4 Å². The third-order valence-electron chi connectivity index (χ3n) is 4.93. The number of rotatable bonds is 8. The maximum absolute atomic E-state index is 13.7. The molecule has 8 nitrogen and oxygen atoms in total. The number of pyridine rings is 1. The third-order valence-corrected chi connectivity index (χ3v) is 4.93. The van der Waals surface area contributed by atoms with E-state index in [1.807, 2.05) is 13.8 Å². The number of carbonyl (C=O) groups is 1. The summed E-state index contributed by atoms with van der Waals surface area (Å²) in [4.78, 5) is 15.6. The number of nitrogens with two attached hydrogens (primary N) is 2. The second-order valence-electron chi connectivity index (χ2n) is 8.24. The van der Waals surface area contributed by atoms with Gasteiger partial charge in [0.25, 0.3) is 0 Å². The van der Waals surface area contributed by atoms with Crippen LogP contribution in [0.1, 0.15) is 57.3 Å². The van der Waals surface area contributed by atoms with Gasteiger partial charge in [0.15, 0.2) is 11.4 Å². The lowest BCUT2D eigenvalue weighted by atomic mass is 9.98. The van der Waals surface area contributed by atoms with Crippen LogP contribution in [-0.4, -0.2) is 42.4 Å². The lowest BCUT2D eigenvalue weighted by Crippen LogP contribution is -2.37. The minimum Gasteiger partial charge on any atom is -0.488 e. The van der Waals surface area contributed by atoms with Crippen LogP contribution in [0.25, 0.3) is 5.70 Å². The Morgan fingerprint density at radius 3 is 2.50 bits per heavy atom. The van der Waals surface area contributed by atoms with Crippen molar-refractivity contribution >= 4 is 11.8 Å². The zero-order valence-corrected chi connectivity index (χ0v) is 18.7. The Kier molecular flexibility index (Phi) is 8.99. The molecular formula is C21H32F3N5O3. The first-order chi connectivity index (χ1) is 15.0.